The van der Waals surface area contributed by atoms with E-state index in [4.69, 9.17) is 85.3 Å². The van der Waals surface area contributed by atoms with Crippen LogP contribution in [0.1, 0.15) is 117 Å². The molecule has 11 heterocycles. The van der Waals surface area contributed by atoms with E-state index in [2.05, 4.69) is 58.0 Å². The van der Waals surface area contributed by atoms with Crippen molar-refractivity contribution in [3.05, 3.63) is 169 Å². The summed E-state index contributed by atoms with van der Waals surface area (Å²) in [5.41, 5.74) is 13.3. The minimum Gasteiger partial charge on any atom is -0.508 e. The maximum Gasteiger partial charge on any atom is 0.352 e. The summed E-state index contributed by atoms with van der Waals surface area (Å²) < 4.78 is 40.3. The third-order valence-corrected chi connectivity index (χ3v) is 26.4. The van der Waals surface area contributed by atoms with E-state index in [1.807, 2.05) is 0 Å². The molecule has 3 saturated heterocycles. The Morgan fingerprint density at radius 1 is 0.757 bits per heavy atom. The number of carbonyl (C=O) groups is 11. The van der Waals surface area contributed by atoms with Gasteiger partial charge in [0.2, 0.25) is 59.3 Å². The number of β-lactam (4-membered cyclic amide) rings is 1. The van der Waals surface area contributed by atoms with Gasteiger partial charge >= 0.3 is 5.97 Å². The quantitative estimate of drug-likeness (QED) is 0.0128. The molecular formula is C87H96Cl3N16O28S2+. The van der Waals surface area contributed by atoms with Crippen molar-refractivity contribution in [2.75, 3.05) is 38.3 Å². The van der Waals surface area contributed by atoms with Crippen molar-refractivity contribution in [3.63, 3.8) is 0 Å². The van der Waals surface area contributed by atoms with Crippen LogP contribution in [0.3, 0.4) is 0 Å². The topological polar surface area (TPSA) is 673 Å². The molecule has 3 fully saturated rings. The highest BCUT2D eigenvalue weighted by atomic mass is 35.5. The molecule has 10 amide bonds. The predicted octanol–water partition coefficient (Wildman–Crippen LogP) is 0.367. The maximum absolute atomic E-state index is 16.4. The Morgan fingerprint density at radius 2 is 1.41 bits per heavy atom. The molecule has 724 valence electrons. The van der Waals surface area contributed by atoms with Crippen molar-refractivity contribution in [2.45, 2.75) is 181 Å². The number of phenols is 3. The molecule has 9 aliphatic heterocycles. The minimum absolute atomic E-state index is 0.110. The highest BCUT2D eigenvalue weighted by Crippen LogP contribution is 2.51. The van der Waals surface area contributed by atoms with E-state index in [9.17, 15) is 75.0 Å². The number of nitrogens with one attached hydrogen (secondary N) is 9. The number of aromatic nitrogens is 2. The van der Waals surface area contributed by atoms with E-state index in [0.717, 1.165) is 83.0 Å². The van der Waals surface area contributed by atoms with Gasteiger partial charge in [0, 0.05) is 65.6 Å². The number of thioether (sulfide) groups is 1. The summed E-state index contributed by atoms with van der Waals surface area (Å²) in [4.78, 5) is 173. The minimum atomic E-state index is -2.41. The van der Waals surface area contributed by atoms with Crippen molar-refractivity contribution in [2.24, 2.45) is 22.5 Å². The first-order chi connectivity index (χ1) is 64.6. The fourth-order valence-electron chi connectivity index (χ4n) is 16.5. The summed E-state index contributed by atoms with van der Waals surface area (Å²) in [6.07, 6.45) is -15.9. The van der Waals surface area contributed by atoms with Crippen LogP contribution in [0.15, 0.2) is 126 Å². The van der Waals surface area contributed by atoms with Gasteiger partial charge in [-0.05, 0) is 116 Å². The van der Waals surface area contributed by atoms with Crippen LogP contribution in [0.5, 0.6) is 46.0 Å². The number of nitrogen functional groups attached to an aromatic ring is 1. The lowest BCUT2D eigenvalue weighted by Gasteiger charge is -2.49. The first-order valence-corrected chi connectivity index (χ1v) is 45.4. The van der Waals surface area contributed by atoms with Crippen LogP contribution in [0.25, 0.3) is 11.1 Å². The number of hydrogen-bond acceptors (Lipinski definition) is 34. The van der Waals surface area contributed by atoms with Crippen LogP contribution in [0, 0.1) is 5.92 Å². The first kappa shape index (κ1) is 99.6. The lowest BCUT2D eigenvalue weighted by atomic mass is 9.86. The molecule has 9 aliphatic rings. The third kappa shape index (κ3) is 21.4. The number of carbonyl (C=O) groups excluding carboxylic acids is 10. The number of rotatable bonds is 24. The number of aliphatic hydroxyl groups is 6. The number of phenolic OH excluding ortho intramolecular Hbond substituents is 3. The van der Waals surface area contributed by atoms with E-state index in [0.29, 0.717) is 5.57 Å². The highest BCUT2D eigenvalue weighted by molar-refractivity contribution is 8.00. The number of likely N-dealkylation sites (N-methyl/N-ethyl adjacent to an activating group) is 1. The van der Waals surface area contributed by atoms with Crippen molar-refractivity contribution in [3.8, 4) is 57.1 Å². The summed E-state index contributed by atoms with van der Waals surface area (Å²) in [5, 5.41) is 142. The second kappa shape index (κ2) is 41.7. The van der Waals surface area contributed by atoms with E-state index in [1.54, 1.807) is 49.0 Å². The van der Waals surface area contributed by atoms with Crippen LogP contribution in [0.2, 0.25) is 14.4 Å². The second-order valence-corrected chi connectivity index (χ2v) is 37.2. The Kier molecular flexibility index (Phi) is 30.5. The van der Waals surface area contributed by atoms with Gasteiger partial charge in [-0.1, -0.05) is 89.4 Å². The van der Waals surface area contributed by atoms with Crippen LogP contribution in [-0.2, 0) is 78.3 Å². The number of thiazole rings is 1. The molecule has 49 heteroatoms. The number of carboxylic acids is 1. The lowest BCUT2D eigenvalue weighted by Crippen LogP contribution is -2.71. The number of halogens is 3. The van der Waals surface area contributed by atoms with Gasteiger partial charge in [0.1, 0.15) is 129 Å². The summed E-state index contributed by atoms with van der Waals surface area (Å²) in [7, 11) is 1.46. The molecule has 2 aromatic heterocycles. The standard InChI is InChI=1S/C87H95Cl3N16O28S2/c1-33(2)20-45(94-5)74(117)100-62-66(112)36-11-14-49(43(88)22-36)130-51-24-38-25-52(70(51)134-85-71(69(115)68(114)53(31-107)132-85)133-55-29-87(4,93)72(116)34(3)129-55)131-50-15-12-37(23-44(50)89)67(113)63-81(124)99-59(42-26-40(108)27-48(110)56(42)41-21-35(10-13-47(41)109)57(77(120)101-63)98-78(121)58(38)97-75(118)46(28-54(91)111)96-80(62)123)76(119)95-16-9-19-128-104-61(60-73(90)136-86(92)103-60)79(122)102-64-82(125)106-65(84(126)127)39(32-135-83(64)106)30-105-17-7-6-8-18-105/h6-8,10-15,17-18,21-27,33-34,45-46,53,55,57-59,62-64,66-69,71-72,83,85,94,107,112-116H,9,16,19-20,28-32,93H2,1-5H3,(H15-,91,92,95,96,97,98,99,100,101,102,103,104,108,109,110,111,117,118,119,120,121,122,123,124,126,127)/p+1/t34-,45+,46-,53+,55-,57+,58+,59+,62+,63-,64+,66+,67+,68+,69-,71+,72+,83+,85-,87-/m0/s1. The number of aliphatic carboxylic acids is 1. The van der Waals surface area contributed by atoms with Gasteiger partial charge in [-0.25, -0.2) is 14.3 Å². The molecule has 0 radical (unpaired) electrons. The number of primary amides is 1. The number of fused-ring (bicyclic) bond motifs is 16. The Bertz CT molecular complexity index is 5920. The van der Waals surface area contributed by atoms with Crippen molar-refractivity contribution < 1.29 is 142 Å². The number of pyridine rings is 1. The van der Waals surface area contributed by atoms with Crippen LogP contribution >= 0.6 is 57.9 Å². The van der Waals surface area contributed by atoms with Gasteiger partial charge in [-0.3, -0.25) is 52.8 Å². The highest BCUT2D eigenvalue weighted by Gasteiger charge is 2.56. The molecule has 7 aromatic rings. The molecule has 0 saturated carbocycles. The van der Waals surface area contributed by atoms with Crippen molar-refractivity contribution in [1.82, 2.24) is 57.7 Å². The smallest absolute Gasteiger partial charge is 0.352 e. The molecule has 20 atom stereocenters. The van der Waals surface area contributed by atoms with Crippen LogP contribution in [0.4, 0.5) is 5.13 Å². The summed E-state index contributed by atoms with van der Waals surface area (Å²) >= 11 is 22.8. The lowest BCUT2D eigenvalue weighted by molar-refractivity contribution is -0.689. The first-order valence-electron chi connectivity index (χ1n) is 42.4. The van der Waals surface area contributed by atoms with Crippen LogP contribution < -0.4 is 83.8 Å². The number of ether oxygens (including phenoxy) is 6. The summed E-state index contributed by atoms with van der Waals surface area (Å²) in [5.74, 6) is -18.9. The summed E-state index contributed by atoms with van der Waals surface area (Å²) in [6.45, 7) is 4.85. The maximum atomic E-state index is 16.4. The van der Waals surface area contributed by atoms with Gasteiger partial charge in [0.25, 0.3) is 11.8 Å². The Morgan fingerprint density at radius 3 is 2.04 bits per heavy atom. The second-order valence-electron chi connectivity index (χ2n) is 33.6. The fraction of sp³-hybridized carbons (Fsp3) is 0.402. The number of benzene rings is 5. The molecule has 0 aliphatic carbocycles. The summed E-state index contributed by atoms with van der Waals surface area (Å²) in [6, 6.07) is 3.03. The van der Waals surface area contributed by atoms with Crippen molar-refractivity contribution in [1.29, 1.82) is 0 Å². The van der Waals surface area contributed by atoms with E-state index in [1.165, 1.54) is 44.8 Å². The third-order valence-electron chi connectivity index (χ3n) is 23.4. The Balaban J connectivity index is 0.849. The molecular weight excluding hydrogens is 1890 g/mol. The number of aliphatic hydroxyl groups excluding tert-OH is 6. The number of nitrogens with zero attached hydrogens (tertiary/aromatic N) is 4. The van der Waals surface area contributed by atoms with Gasteiger partial charge in [0.05, 0.1) is 41.3 Å². The zero-order valence-corrected chi connectivity index (χ0v) is 76.5. The monoisotopic (exact) mass is 1980 g/mol. The number of hydrogen-bond donors (Lipinski definition) is 22. The SMILES string of the molecule is CN[C@H](CC(C)C)C(=O)N[C@H]1C(=O)N[C@@H](CC(N)=O)C(=O)N[C@H]2C(=O)N[C@H]3C(=O)N[C@H](C(=O)N[C@@H](C(=O)NCCCO/N=C(\C(=O)N[C@@H]4C(=O)N5C(C(=O)O)=C(C[n+]6ccccc6)CS[C@H]45)c4nc(N)sc4Cl)c4cc(O)cc(O)c4-c4cc3ccc4O)[C@H](O)c3ccc(c(Cl)c3)Oc3cc2cc(c3O[C@@H]2O[C@H](CO)[C@@H](O)[C@H](O)[C@H]2O[C@H]2C[C@](C)(N)[C@H](O)[C@H](C)O2)Oc2ccc(cc2Cl)[C@H]1O. The van der Waals surface area contributed by atoms with Crippen molar-refractivity contribution >= 4 is 134 Å². The Labute approximate surface area is 795 Å². The molecule has 0 spiro atoms. The number of aromatic hydroxyl groups is 3. The van der Waals surface area contributed by atoms with Gasteiger partial charge in [-0.15, -0.1) is 11.8 Å². The number of oxime groups is 1. The molecule has 11 bridgehead atoms. The number of carboxylic acid groups (broad SMARTS) is 1. The number of amides is 10. The fourth-order valence-corrected chi connectivity index (χ4v) is 19.2. The van der Waals surface area contributed by atoms with E-state index in [-0.39, 0.29) is 75.2 Å². The molecule has 25 N–H and O–H groups in total. The zero-order valence-electron chi connectivity index (χ0n) is 72.6. The number of nitrogens with two attached hydrogens (primary N) is 3. The van der Waals surface area contributed by atoms with Gasteiger partial charge in [0.15, 0.2) is 53.7 Å². The molecule has 5 aromatic carbocycles. The van der Waals surface area contributed by atoms with Crippen LogP contribution in [-0.4, -0.2) is 255 Å². The zero-order chi connectivity index (χ0) is 98.1. The largest absolute Gasteiger partial charge is 0.508 e. The molecule has 16 rings (SSSR count). The normalized spacial score (nSPS) is 27.1. The number of anilines is 1. The molecule has 136 heavy (non-hydrogen) atoms. The molecule has 0 unspecified atom stereocenters. The average Bonchev–Trinajstić information content (AvgIpc) is 0.767. The van der Waals surface area contributed by atoms with E-state index < -0.39 is 296 Å². The van der Waals surface area contributed by atoms with Gasteiger partial charge in [-0.2, -0.15) is 0 Å². The average molecular weight is 1980 g/mol. The van der Waals surface area contributed by atoms with E-state index >= 15 is 28.8 Å². The van der Waals surface area contributed by atoms with Gasteiger partial charge < -0.3 is 149 Å². The molecule has 44 nitrogen and oxygen atoms in total. The predicted molar refractivity (Wildman–Crippen MR) is 480 cm³/mol. The Hall–Kier alpha value is -12.4.